The Balaban J connectivity index is 1.71. The van der Waals surface area contributed by atoms with Gasteiger partial charge in [-0.15, -0.1) is 0 Å². The van der Waals surface area contributed by atoms with E-state index in [1.807, 2.05) is 48.5 Å². The number of benzene rings is 2. The molecule has 4 aromatic rings. The second kappa shape index (κ2) is 7.26. The Morgan fingerprint density at radius 2 is 1.92 bits per heavy atom. The summed E-state index contributed by atoms with van der Waals surface area (Å²) in [6.45, 7) is 0. The first-order valence-electron chi connectivity index (χ1n) is 7.72. The number of H-pyrrole nitrogens is 1. The number of aromatic nitrogens is 4. The van der Waals surface area contributed by atoms with Crippen LogP contribution in [-0.4, -0.2) is 19.6 Å². The van der Waals surface area contributed by atoms with E-state index in [1.165, 1.54) is 16.3 Å². The highest BCUT2D eigenvalue weighted by molar-refractivity contribution is 9.10. The lowest BCUT2D eigenvalue weighted by Crippen LogP contribution is -2.19. The van der Waals surface area contributed by atoms with Gasteiger partial charge in [-0.2, -0.15) is 9.61 Å². The van der Waals surface area contributed by atoms with Gasteiger partial charge in [0, 0.05) is 20.8 Å². The summed E-state index contributed by atoms with van der Waals surface area (Å²) in [5, 5.41) is 5.39. The second-order valence-corrected chi connectivity index (χ2v) is 7.81. The van der Waals surface area contributed by atoms with Gasteiger partial charge in [0.1, 0.15) is 0 Å². The molecule has 0 unspecified atom stereocenters. The molecule has 2 aromatic heterocycles. The normalized spacial score (nSPS) is 11.2. The molecule has 0 atom stereocenters. The number of rotatable bonds is 4. The van der Waals surface area contributed by atoms with Crippen LogP contribution in [0.2, 0.25) is 5.02 Å². The van der Waals surface area contributed by atoms with Crippen molar-refractivity contribution in [3.05, 3.63) is 80.3 Å². The summed E-state index contributed by atoms with van der Waals surface area (Å²) in [6.07, 6.45) is 1.66. The molecule has 0 saturated heterocycles. The van der Waals surface area contributed by atoms with Crippen LogP contribution < -0.4 is 5.69 Å². The molecule has 26 heavy (non-hydrogen) atoms. The van der Waals surface area contributed by atoms with Crippen LogP contribution >= 0.6 is 39.3 Å². The van der Waals surface area contributed by atoms with Crippen LogP contribution in [0.5, 0.6) is 0 Å². The third kappa shape index (κ3) is 3.42. The largest absolute Gasteiger partial charge is 0.350 e. The van der Waals surface area contributed by atoms with Gasteiger partial charge in [0.05, 0.1) is 6.20 Å². The molecule has 130 valence electrons. The second-order valence-electron chi connectivity index (χ2n) is 5.53. The lowest BCUT2D eigenvalue weighted by atomic mass is 10.1. The van der Waals surface area contributed by atoms with Crippen LogP contribution in [0.4, 0.5) is 0 Å². The van der Waals surface area contributed by atoms with Crippen molar-refractivity contribution in [2.24, 2.45) is 0 Å². The maximum Gasteiger partial charge on any atom is 0.350 e. The molecule has 0 bridgehead atoms. The van der Waals surface area contributed by atoms with E-state index >= 15 is 0 Å². The van der Waals surface area contributed by atoms with Crippen molar-refractivity contribution in [3.63, 3.8) is 0 Å². The summed E-state index contributed by atoms with van der Waals surface area (Å²) in [7, 11) is 0. The van der Waals surface area contributed by atoms with Crippen molar-refractivity contribution in [1.29, 1.82) is 0 Å². The zero-order valence-electron chi connectivity index (χ0n) is 13.3. The Bertz CT molecular complexity index is 1140. The van der Waals surface area contributed by atoms with Gasteiger partial charge < -0.3 is 0 Å². The van der Waals surface area contributed by atoms with Crippen molar-refractivity contribution in [1.82, 2.24) is 19.6 Å². The molecule has 0 saturated carbocycles. The smallest absolute Gasteiger partial charge is 0.285 e. The molecule has 0 spiro atoms. The van der Waals surface area contributed by atoms with E-state index in [9.17, 15) is 4.79 Å². The standard InChI is InChI=1S/C18H12BrClN4OS/c19-13-7-5-11(6-8-13)14-9-21-24-16(14)22-17(23-18(24)25)26-10-12-3-1-2-4-15(12)20/h1-9H,10H2,(H,22,23,25). The van der Waals surface area contributed by atoms with Gasteiger partial charge in [-0.3, -0.25) is 4.98 Å². The van der Waals surface area contributed by atoms with Gasteiger partial charge in [-0.05, 0) is 29.3 Å². The number of aromatic amines is 1. The van der Waals surface area contributed by atoms with E-state index < -0.39 is 0 Å². The first-order valence-corrected chi connectivity index (χ1v) is 9.88. The molecular formula is C18H12BrClN4OS. The molecule has 0 fully saturated rings. The molecule has 8 heteroatoms. The average molecular weight is 448 g/mol. The minimum atomic E-state index is -0.319. The van der Waals surface area contributed by atoms with Crippen molar-refractivity contribution >= 4 is 44.9 Å². The van der Waals surface area contributed by atoms with Crippen LogP contribution in [0, 0.1) is 0 Å². The number of thioether (sulfide) groups is 1. The lowest BCUT2D eigenvalue weighted by molar-refractivity contribution is 0.786. The molecule has 2 aromatic carbocycles. The minimum absolute atomic E-state index is 0.319. The molecule has 0 aliphatic rings. The van der Waals surface area contributed by atoms with Gasteiger partial charge in [0.15, 0.2) is 10.8 Å². The zero-order valence-corrected chi connectivity index (χ0v) is 16.5. The number of fused-ring (bicyclic) bond motifs is 1. The summed E-state index contributed by atoms with van der Waals surface area (Å²) >= 11 is 11.0. The van der Waals surface area contributed by atoms with E-state index in [1.54, 1.807) is 6.20 Å². The zero-order chi connectivity index (χ0) is 18.1. The van der Waals surface area contributed by atoms with E-state index in [-0.39, 0.29) is 5.69 Å². The van der Waals surface area contributed by atoms with Crippen molar-refractivity contribution in [3.8, 4) is 11.1 Å². The predicted molar refractivity (Wildman–Crippen MR) is 108 cm³/mol. The maximum absolute atomic E-state index is 12.3. The van der Waals surface area contributed by atoms with E-state index in [2.05, 4.69) is 31.0 Å². The fourth-order valence-corrected chi connectivity index (χ4v) is 3.93. The minimum Gasteiger partial charge on any atom is -0.285 e. The van der Waals surface area contributed by atoms with Crippen molar-refractivity contribution in [2.75, 3.05) is 0 Å². The highest BCUT2D eigenvalue weighted by Crippen LogP contribution is 2.27. The Kier molecular flexibility index (Phi) is 4.84. The van der Waals surface area contributed by atoms with Gasteiger partial charge in [0.2, 0.25) is 0 Å². The van der Waals surface area contributed by atoms with Gasteiger partial charge >= 0.3 is 5.69 Å². The Hall–Kier alpha value is -2.09. The molecular weight excluding hydrogens is 436 g/mol. The molecule has 0 aliphatic carbocycles. The molecule has 0 radical (unpaired) electrons. The highest BCUT2D eigenvalue weighted by Gasteiger charge is 2.12. The van der Waals surface area contributed by atoms with Crippen LogP contribution in [-0.2, 0) is 5.75 Å². The van der Waals surface area contributed by atoms with Crippen molar-refractivity contribution in [2.45, 2.75) is 10.9 Å². The first kappa shape index (κ1) is 17.3. The van der Waals surface area contributed by atoms with Crippen LogP contribution in [0.3, 0.4) is 0 Å². The number of hydrogen-bond acceptors (Lipinski definition) is 4. The summed E-state index contributed by atoms with van der Waals surface area (Å²) in [5.74, 6) is 0.612. The van der Waals surface area contributed by atoms with E-state index in [0.29, 0.717) is 21.6 Å². The SMILES string of the molecule is O=c1[nH]c(SCc2ccccc2Cl)nc2c(-c3ccc(Br)cc3)cnn12. The number of halogens is 2. The molecule has 1 N–H and O–H groups in total. The fourth-order valence-electron chi connectivity index (χ4n) is 2.53. The average Bonchev–Trinajstić information content (AvgIpc) is 3.06. The lowest BCUT2D eigenvalue weighted by Gasteiger charge is -2.05. The van der Waals surface area contributed by atoms with Crippen LogP contribution in [0.15, 0.2) is 69.2 Å². The third-order valence-electron chi connectivity index (χ3n) is 3.83. The summed E-state index contributed by atoms with van der Waals surface area (Å²) in [4.78, 5) is 19.7. The number of hydrogen-bond donors (Lipinski definition) is 1. The van der Waals surface area contributed by atoms with Gasteiger partial charge in [0.25, 0.3) is 0 Å². The highest BCUT2D eigenvalue weighted by atomic mass is 79.9. The Morgan fingerprint density at radius 3 is 2.69 bits per heavy atom. The molecule has 4 rings (SSSR count). The summed E-state index contributed by atoms with van der Waals surface area (Å²) in [6, 6.07) is 15.4. The van der Waals surface area contributed by atoms with Gasteiger partial charge in [-0.1, -0.05) is 69.6 Å². The first-order chi connectivity index (χ1) is 12.6. The van der Waals surface area contributed by atoms with Crippen LogP contribution in [0.25, 0.3) is 16.8 Å². The predicted octanol–water partition coefficient (Wildman–Crippen LogP) is 4.79. The molecule has 0 aliphatic heterocycles. The van der Waals surface area contributed by atoms with E-state index in [0.717, 1.165) is 21.2 Å². The van der Waals surface area contributed by atoms with Crippen LogP contribution in [0.1, 0.15) is 5.56 Å². The monoisotopic (exact) mass is 446 g/mol. The Labute approximate surface area is 166 Å². The maximum atomic E-state index is 12.3. The van der Waals surface area contributed by atoms with Crippen molar-refractivity contribution < 1.29 is 0 Å². The summed E-state index contributed by atoms with van der Waals surface area (Å²) in [5.41, 5.74) is 2.95. The molecule has 2 heterocycles. The number of nitrogens with zero attached hydrogens (tertiary/aromatic N) is 3. The third-order valence-corrected chi connectivity index (χ3v) is 5.65. The number of nitrogens with one attached hydrogen (secondary N) is 1. The summed E-state index contributed by atoms with van der Waals surface area (Å²) < 4.78 is 2.26. The van der Waals surface area contributed by atoms with E-state index in [4.69, 9.17) is 11.6 Å². The van der Waals surface area contributed by atoms with Gasteiger partial charge in [-0.25, -0.2) is 9.78 Å². The topological polar surface area (TPSA) is 63.0 Å². The fraction of sp³-hybridized carbons (Fsp3) is 0.0556. The quantitative estimate of drug-likeness (QED) is 0.457. The molecule has 5 nitrogen and oxygen atoms in total. The molecule has 0 amide bonds. The Morgan fingerprint density at radius 1 is 1.15 bits per heavy atom.